The molecule has 0 spiro atoms. The van der Waals surface area contributed by atoms with Crippen molar-refractivity contribution >= 4 is 11.5 Å². The summed E-state index contributed by atoms with van der Waals surface area (Å²) in [6.45, 7) is 0.473. The van der Waals surface area contributed by atoms with Crippen LogP contribution in [0.15, 0.2) is 0 Å². The molecule has 0 saturated carbocycles. The predicted molar refractivity (Wildman–Crippen MR) is 49.4 cm³/mol. The normalized spacial score (nSPS) is 10.3. The van der Waals surface area contributed by atoms with Crippen LogP contribution in [0.2, 0.25) is 0 Å². The van der Waals surface area contributed by atoms with E-state index in [4.69, 9.17) is 15.9 Å². The van der Waals surface area contributed by atoms with Crippen molar-refractivity contribution in [3.63, 3.8) is 0 Å². The maximum atomic E-state index is 8.67. The van der Waals surface area contributed by atoms with E-state index in [1.807, 2.05) is 0 Å². The molecule has 0 amide bonds. The average molecular weight is 186 g/mol. The van der Waals surface area contributed by atoms with Crippen LogP contribution in [-0.4, -0.2) is 40.2 Å². The molecule has 0 aliphatic heterocycles. The third kappa shape index (κ3) is 2.33. The molecule has 13 heavy (non-hydrogen) atoms. The second-order valence-corrected chi connectivity index (χ2v) is 2.59. The molecule has 0 saturated heterocycles. The Bertz CT molecular complexity index is 261. The molecule has 1 heterocycles. The first-order valence-corrected chi connectivity index (χ1v) is 4.08. The van der Waals surface area contributed by atoms with Crippen LogP contribution in [0.4, 0.5) is 11.5 Å². The molecule has 0 radical (unpaired) electrons. The van der Waals surface area contributed by atoms with E-state index in [0.29, 0.717) is 30.2 Å². The Hall–Kier alpha value is -1.27. The minimum Gasteiger partial charge on any atom is -0.396 e. The summed E-state index contributed by atoms with van der Waals surface area (Å²) in [6, 6.07) is 0. The number of aromatic nitrogens is 2. The molecule has 74 valence electrons. The van der Waals surface area contributed by atoms with Gasteiger partial charge in [0.05, 0.1) is 18.0 Å². The summed E-state index contributed by atoms with van der Waals surface area (Å²) in [6.07, 6.45) is 0.458. The summed E-state index contributed by atoms with van der Waals surface area (Å²) >= 11 is 0. The van der Waals surface area contributed by atoms with Gasteiger partial charge in [0.2, 0.25) is 0 Å². The van der Waals surface area contributed by atoms with Gasteiger partial charge in [-0.25, -0.2) is 0 Å². The fraction of sp³-hybridized carbons (Fsp3) is 0.571. The lowest BCUT2D eigenvalue weighted by Gasteiger charge is -2.00. The number of rotatable bonds is 5. The van der Waals surface area contributed by atoms with Gasteiger partial charge in [-0.05, 0) is 0 Å². The highest BCUT2D eigenvalue weighted by Gasteiger charge is 2.07. The van der Waals surface area contributed by atoms with E-state index in [1.165, 1.54) is 0 Å². The number of nitrogen functional groups attached to an aromatic ring is 1. The average Bonchev–Trinajstić information content (AvgIpc) is 2.46. The number of aliphatic hydroxyl groups excluding tert-OH is 2. The molecule has 6 N–H and O–H groups in total. The molecule has 0 aliphatic rings. The summed E-state index contributed by atoms with van der Waals surface area (Å²) in [5.74, 6) is 0.525. The predicted octanol–water partition coefficient (Wildman–Crippen LogP) is -1.07. The van der Waals surface area contributed by atoms with E-state index >= 15 is 0 Å². The van der Waals surface area contributed by atoms with Gasteiger partial charge in [0.15, 0.2) is 5.82 Å². The molecule has 0 aliphatic carbocycles. The Kier molecular flexibility index (Phi) is 3.53. The van der Waals surface area contributed by atoms with Crippen LogP contribution in [0.25, 0.3) is 0 Å². The molecule has 1 aromatic rings. The molecular weight excluding hydrogens is 172 g/mol. The number of hydrogen-bond acceptors (Lipinski definition) is 5. The first-order valence-electron chi connectivity index (χ1n) is 4.08. The standard InChI is InChI=1S/C7H14N4O2/c8-6-5(1-3-12)10-11-7(6)9-2-4-13/h12-13H,1-4,8H2,(H2,9,10,11). The van der Waals surface area contributed by atoms with Crippen LogP contribution >= 0.6 is 0 Å². The van der Waals surface area contributed by atoms with Crippen molar-refractivity contribution in [1.29, 1.82) is 0 Å². The molecule has 0 bridgehead atoms. The molecule has 0 aromatic carbocycles. The number of nitrogens with two attached hydrogens (primary N) is 1. The van der Waals surface area contributed by atoms with Crippen LogP contribution in [0.3, 0.4) is 0 Å². The number of hydrogen-bond donors (Lipinski definition) is 5. The number of nitrogens with one attached hydrogen (secondary N) is 2. The van der Waals surface area contributed by atoms with Crippen LogP contribution < -0.4 is 11.1 Å². The quantitative estimate of drug-likeness (QED) is 0.402. The number of aromatic amines is 1. The minimum absolute atomic E-state index is 0.0294. The maximum absolute atomic E-state index is 8.67. The van der Waals surface area contributed by atoms with Gasteiger partial charge in [0.25, 0.3) is 0 Å². The number of nitrogens with zero attached hydrogens (tertiary/aromatic N) is 1. The second kappa shape index (κ2) is 4.68. The van der Waals surface area contributed by atoms with Crippen LogP contribution in [0, 0.1) is 0 Å². The van der Waals surface area contributed by atoms with Crippen molar-refractivity contribution in [3.8, 4) is 0 Å². The molecule has 1 rings (SSSR count). The maximum Gasteiger partial charge on any atom is 0.171 e. The zero-order chi connectivity index (χ0) is 9.68. The Morgan fingerprint density at radius 1 is 1.38 bits per heavy atom. The summed E-state index contributed by atoms with van der Waals surface area (Å²) in [5.41, 5.74) is 6.89. The highest BCUT2D eigenvalue weighted by Crippen LogP contribution is 2.18. The van der Waals surface area contributed by atoms with E-state index in [0.717, 1.165) is 0 Å². The highest BCUT2D eigenvalue weighted by atomic mass is 16.3. The van der Waals surface area contributed by atoms with Crippen molar-refractivity contribution in [2.24, 2.45) is 0 Å². The first-order chi connectivity index (χ1) is 6.29. The number of H-pyrrole nitrogens is 1. The van der Waals surface area contributed by atoms with Gasteiger partial charge in [0.1, 0.15) is 0 Å². The Balaban J connectivity index is 2.62. The van der Waals surface area contributed by atoms with E-state index in [1.54, 1.807) is 0 Å². The lowest BCUT2D eigenvalue weighted by molar-refractivity contribution is 0.298. The van der Waals surface area contributed by atoms with Gasteiger partial charge in [0, 0.05) is 19.6 Å². The molecule has 6 nitrogen and oxygen atoms in total. The summed E-state index contributed by atoms with van der Waals surface area (Å²) < 4.78 is 0. The van der Waals surface area contributed by atoms with Crippen LogP contribution in [0.1, 0.15) is 5.69 Å². The van der Waals surface area contributed by atoms with Gasteiger partial charge in [-0.2, -0.15) is 5.10 Å². The zero-order valence-corrected chi connectivity index (χ0v) is 7.25. The van der Waals surface area contributed by atoms with Gasteiger partial charge >= 0.3 is 0 Å². The lowest BCUT2D eigenvalue weighted by atomic mass is 10.3. The van der Waals surface area contributed by atoms with Crippen molar-refractivity contribution in [1.82, 2.24) is 10.2 Å². The van der Waals surface area contributed by atoms with E-state index < -0.39 is 0 Å². The third-order valence-corrected chi connectivity index (χ3v) is 1.65. The third-order valence-electron chi connectivity index (χ3n) is 1.65. The molecule has 0 fully saturated rings. The Morgan fingerprint density at radius 3 is 2.77 bits per heavy atom. The fourth-order valence-corrected chi connectivity index (χ4v) is 0.998. The summed E-state index contributed by atoms with van der Waals surface area (Å²) in [5, 5.41) is 26.6. The van der Waals surface area contributed by atoms with Gasteiger partial charge in [-0.15, -0.1) is 0 Å². The van der Waals surface area contributed by atoms with Crippen molar-refractivity contribution in [2.45, 2.75) is 6.42 Å². The Morgan fingerprint density at radius 2 is 2.15 bits per heavy atom. The zero-order valence-electron chi connectivity index (χ0n) is 7.25. The van der Waals surface area contributed by atoms with E-state index in [-0.39, 0.29) is 13.2 Å². The van der Waals surface area contributed by atoms with E-state index in [9.17, 15) is 0 Å². The fourth-order valence-electron chi connectivity index (χ4n) is 0.998. The number of aliphatic hydroxyl groups is 2. The minimum atomic E-state index is 0.0294. The van der Waals surface area contributed by atoms with E-state index in [2.05, 4.69) is 15.5 Å². The monoisotopic (exact) mass is 186 g/mol. The second-order valence-electron chi connectivity index (χ2n) is 2.59. The highest BCUT2D eigenvalue weighted by molar-refractivity contribution is 5.64. The molecular formula is C7H14N4O2. The van der Waals surface area contributed by atoms with Gasteiger partial charge in [-0.1, -0.05) is 0 Å². The van der Waals surface area contributed by atoms with Gasteiger partial charge < -0.3 is 21.3 Å². The first kappa shape index (κ1) is 9.82. The SMILES string of the molecule is Nc1c(NCCO)n[nH]c1CCO. The van der Waals surface area contributed by atoms with Crippen LogP contribution in [0.5, 0.6) is 0 Å². The molecule has 0 unspecified atom stereocenters. The van der Waals surface area contributed by atoms with Gasteiger partial charge in [-0.3, -0.25) is 5.10 Å². The molecule has 0 atom stereocenters. The molecule has 6 heteroatoms. The number of anilines is 2. The largest absolute Gasteiger partial charge is 0.396 e. The van der Waals surface area contributed by atoms with Crippen molar-refractivity contribution in [2.75, 3.05) is 30.8 Å². The Labute approximate surface area is 75.8 Å². The smallest absolute Gasteiger partial charge is 0.171 e. The molecule has 1 aromatic heterocycles. The lowest BCUT2D eigenvalue weighted by Crippen LogP contribution is -2.07. The summed E-state index contributed by atoms with van der Waals surface area (Å²) in [4.78, 5) is 0. The summed E-state index contributed by atoms with van der Waals surface area (Å²) in [7, 11) is 0. The van der Waals surface area contributed by atoms with Crippen molar-refractivity contribution < 1.29 is 10.2 Å². The topological polar surface area (TPSA) is 107 Å². The van der Waals surface area contributed by atoms with Crippen LogP contribution in [-0.2, 0) is 6.42 Å². The van der Waals surface area contributed by atoms with Crippen molar-refractivity contribution in [3.05, 3.63) is 5.69 Å².